The molecule has 0 radical (unpaired) electrons. The summed E-state index contributed by atoms with van der Waals surface area (Å²) in [4.78, 5) is 13.3. The van der Waals surface area contributed by atoms with Gasteiger partial charge in [-0.25, -0.2) is 12.4 Å². The van der Waals surface area contributed by atoms with E-state index in [1.54, 1.807) is 18.2 Å². The summed E-state index contributed by atoms with van der Waals surface area (Å²) in [6.45, 7) is 0. The summed E-state index contributed by atoms with van der Waals surface area (Å²) < 4.78 is 28.5. The molecule has 158 valence electrons. The Hall–Kier alpha value is -3.74. The van der Waals surface area contributed by atoms with E-state index >= 15 is 0 Å². The average Bonchev–Trinajstić information content (AvgIpc) is 3.25. The molecule has 0 aliphatic heterocycles. The summed E-state index contributed by atoms with van der Waals surface area (Å²) in [7, 11) is -4.01. The number of fused-ring (bicyclic) bond motifs is 1. The van der Waals surface area contributed by atoms with Crippen molar-refractivity contribution in [2.75, 3.05) is 0 Å². The molecule has 0 fully saturated rings. The minimum absolute atomic E-state index is 0.114. The maximum absolute atomic E-state index is 13.7. The molecule has 1 heterocycles. The molecule has 0 amide bonds. The first-order chi connectivity index (χ1) is 15.5. The number of rotatable bonds is 4. The van der Waals surface area contributed by atoms with Gasteiger partial charge in [0.2, 0.25) is 0 Å². The molecule has 1 unspecified atom stereocenters. The van der Waals surface area contributed by atoms with Crippen LogP contribution in [-0.2, 0) is 10.0 Å². The van der Waals surface area contributed by atoms with Gasteiger partial charge in [0.15, 0.2) is 5.78 Å². The van der Waals surface area contributed by atoms with Gasteiger partial charge in [-0.2, -0.15) is 0 Å². The SMILES string of the molecule is O=C1c2c(-c3ccccc3)cn(S(=O)(=O)c3ccccc3)c2C(c2ccccc2)=CC1O. The number of carbonyl (C=O) groups excluding carboxylic acids is 1. The summed E-state index contributed by atoms with van der Waals surface area (Å²) in [6.07, 6.45) is 1.54. The molecule has 1 aliphatic rings. The van der Waals surface area contributed by atoms with Crippen LogP contribution in [0.3, 0.4) is 0 Å². The lowest BCUT2D eigenvalue weighted by atomic mass is 9.87. The first-order valence-corrected chi connectivity index (χ1v) is 11.5. The van der Waals surface area contributed by atoms with Crippen molar-refractivity contribution in [3.05, 3.63) is 120 Å². The van der Waals surface area contributed by atoms with Gasteiger partial charge in [-0.15, -0.1) is 0 Å². The van der Waals surface area contributed by atoms with Gasteiger partial charge in [0.25, 0.3) is 10.0 Å². The second kappa shape index (κ2) is 7.75. The smallest absolute Gasteiger partial charge is 0.268 e. The van der Waals surface area contributed by atoms with Gasteiger partial charge < -0.3 is 5.11 Å². The molecule has 4 aromatic rings. The lowest BCUT2D eigenvalue weighted by Gasteiger charge is -2.21. The Kier molecular flexibility index (Phi) is 4.89. The van der Waals surface area contributed by atoms with Gasteiger partial charge >= 0.3 is 0 Å². The predicted octanol–water partition coefficient (Wildman–Crippen LogP) is 4.38. The Balaban J connectivity index is 1.87. The molecule has 32 heavy (non-hydrogen) atoms. The number of aliphatic hydroxyl groups excluding tert-OH is 1. The van der Waals surface area contributed by atoms with Crippen molar-refractivity contribution in [2.45, 2.75) is 11.0 Å². The Bertz CT molecular complexity index is 1440. The highest BCUT2D eigenvalue weighted by Gasteiger charge is 2.36. The third-order valence-electron chi connectivity index (χ3n) is 5.54. The molecule has 1 N–H and O–H groups in total. The molecule has 1 atom stereocenters. The molecule has 0 spiro atoms. The number of hydrogen-bond donors (Lipinski definition) is 1. The zero-order chi connectivity index (χ0) is 22.3. The maximum Gasteiger partial charge on any atom is 0.268 e. The van der Waals surface area contributed by atoms with Gasteiger partial charge in [-0.3, -0.25) is 4.79 Å². The van der Waals surface area contributed by atoms with Crippen molar-refractivity contribution in [3.8, 4) is 11.1 Å². The number of benzene rings is 3. The van der Waals surface area contributed by atoms with E-state index in [0.717, 1.165) is 0 Å². The normalized spacial score (nSPS) is 15.8. The highest BCUT2D eigenvalue weighted by atomic mass is 32.2. The number of hydrogen-bond acceptors (Lipinski definition) is 4. The summed E-state index contributed by atoms with van der Waals surface area (Å²) in [5, 5.41) is 10.6. The van der Waals surface area contributed by atoms with Gasteiger partial charge in [0, 0.05) is 17.3 Å². The summed E-state index contributed by atoms with van der Waals surface area (Å²) >= 11 is 0. The number of Topliss-reactive ketones (excluding diaryl/α,β-unsaturated/α-hetero) is 1. The molecule has 3 aromatic carbocycles. The fourth-order valence-electron chi connectivity index (χ4n) is 4.03. The van der Waals surface area contributed by atoms with Crippen LogP contribution in [0, 0.1) is 0 Å². The number of nitrogens with zero attached hydrogens (tertiary/aromatic N) is 1. The number of aliphatic hydroxyl groups is 1. The first kappa shape index (κ1) is 20.2. The van der Waals surface area contributed by atoms with Crippen molar-refractivity contribution in [3.63, 3.8) is 0 Å². The van der Waals surface area contributed by atoms with Crippen molar-refractivity contribution in [2.24, 2.45) is 0 Å². The van der Waals surface area contributed by atoms with E-state index in [1.807, 2.05) is 60.7 Å². The van der Waals surface area contributed by atoms with E-state index in [0.29, 0.717) is 22.3 Å². The molecule has 6 heteroatoms. The van der Waals surface area contributed by atoms with Crippen LogP contribution in [-0.4, -0.2) is 29.4 Å². The van der Waals surface area contributed by atoms with Crippen LogP contribution in [0.2, 0.25) is 0 Å². The molecule has 0 saturated heterocycles. The van der Waals surface area contributed by atoms with Crippen LogP contribution < -0.4 is 0 Å². The number of aromatic nitrogens is 1. The highest BCUT2D eigenvalue weighted by molar-refractivity contribution is 7.90. The van der Waals surface area contributed by atoms with Crippen LogP contribution in [0.15, 0.2) is 108 Å². The molecule has 5 rings (SSSR count). The molecular formula is C26H19NO4S. The number of carbonyl (C=O) groups is 1. The fraction of sp³-hybridized carbons (Fsp3) is 0.0385. The van der Waals surface area contributed by atoms with Crippen LogP contribution in [0.4, 0.5) is 0 Å². The molecule has 1 aromatic heterocycles. The van der Waals surface area contributed by atoms with Crippen LogP contribution >= 0.6 is 0 Å². The quantitative estimate of drug-likeness (QED) is 0.510. The van der Waals surface area contributed by atoms with E-state index in [9.17, 15) is 18.3 Å². The van der Waals surface area contributed by atoms with Gasteiger partial charge in [-0.1, -0.05) is 78.9 Å². The summed E-state index contributed by atoms with van der Waals surface area (Å²) in [5.41, 5.74) is 2.82. The molecule has 1 aliphatic carbocycles. The molecular weight excluding hydrogens is 422 g/mol. The predicted molar refractivity (Wildman–Crippen MR) is 123 cm³/mol. The minimum atomic E-state index is -4.01. The topological polar surface area (TPSA) is 76.4 Å². The highest BCUT2D eigenvalue weighted by Crippen LogP contribution is 2.40. The second-order valence-electron chi connectivity index (χ2n) is 7.50. The monoisotopic (exact) mass is 441 g/mol. The maximum atomic E-state index is 13.7. The van der Waals surface area contributed by atoms with Crippen LogP contribution in [0.1, 0.15) is 21.6 Å². The zero-order valence-electron chi connectivity index (χ0n) is 16.9. The van der Waals surface area contributed by atoms with Crippen LogP contribution in [0.5, 0.6) is 0 Å². The standard InChI is InChI=1S/C26H19NO4S/c28-23-16-21(18-10-4-1-5-11-18)25-24(26(23)29)22(19-12-6-2-7-13-19)17-27(25)32(30,31)20-14-8-3-9-15-20/h1-17,23,28H. The van der Waals surface area contributed by atoms with Crippen molar-refractivity contribution in [1.29, 1.82) is 0 Å². The Labute approximate surface area is 186 Å². The zero-order valence-corrected chi connectivity index (χ0v) is 17.7. The Morgan fingerprint density at radius 2 is 1.28 bits per heavy atom. The minimum Gasteiger partial charge on any atom is -0.381 e. The van der Waals surface area contributed by atoms with Crippen molar-refractivity contribution in [1.82, 2.24) is 3.97 Å². The Morgan fingerprint density at radius 1 is 0.750 bits per heavy atom. The number of ketones is 1. The third-order valence-corrected chi connectivity index (χ3v) is 7.21. The van der Waals surface area contributed by atoms with Gasteiger partial charge in [0.1, 0.15) is 6.10 Å². The molecule has 0 bridgehead atoms. The first-order valence-electron chi connectivity index (χ1n) is 10.1. The molecule has 0 saturated carbocycles. The fourth-order valence-corrected chi connectivity index (χ4v) is 5.43. The van der Waals surface area contributed by atoms with E-state index in [1.165, 1.54) is 28.4 Å². The largest absolute Gasteiger partial charge is 0.381 e. The Morgan fingerprint density at radius 3 is 1.88 bits per heavy atom. The third kappa shape index (κ3) is 3.21. The lowest BCUT2D eigenvalue weighted by Crippen LogP contribution is -2.26. The van der Waals surface area contributed by atoms with E-state index in [-0.39, 0.29) is 16.2 Å². The van der Waals surface area contributed by atoms with E-state index in [2.05, 4.69) is 0 Å². The van der Waals surface area contributed by atoms with Crippen molar-refractivity contribution < 1.29 is 18.3 Å². The summed E-state index contributed by atoms with van der Waals surface area (Å²) in [5.74, 6) is -0.527. The molecule has 5 nitrogen and oxygen atoms in total. The van der Waals surface area contributed by atoms with Crippen LogP contribution in [0.25, 0.3) is 16.7 Å². The van der Waals surface area contributed by atoms with E-state index in [4.69, 9.17) is 0 Å². The summed E-state index contributed by atoms with van der Waals surface area (Å²) in [6, 6.07) is 26.4. The second-order valence-corrected chi connectivity index (χ2v) is 9.32. The van der Waals surface area contributed by atoms with E-state index < -0.39 is 21.9 Å². The van der Waals surface area contributed by atoms with Gasteiger partial charge in [0.05, 0.1) is 16.2 Å². The lowest BCUT2D eigenvalue weighted by molar-refractivity contribution is 0.0818. The van der Waals surface area contributed by atoms with Gasteiger partial charge in [-0.05, 0) is 29.3 Å². The average molecular weight is 442 g/mol. The van der Waals surface area contributed by atoms with Crippen molar-refractivity contribution >= 4 is 21.4 Å².